The number of hydrazine groups is 1. The molecule has 2 unspecified atom stereocenters. The van der Waals surface area contributed by atoms with Crippen LogP contribution >= 0.6 is 0 Å². The Bertz CT molecular complexity index is 1030. The van der Waals surface area contributed by atoms with Gasteiger partial charge in [0.15, 0.2) is 0 Å². The molecule has 0 aliphatic carbocycles. The van der Waals surface area contributed by atoms with Crippen molar-refractivity contribution in [2.24, 2.45) is 17.0 Å². The van der Waals surface area contributed by atoms with Crippen LogP contribution in [0.5, 0.6) is 0 Å². The van der Waals surface area contributed by atoms with E-state index in [0.29, 0.717) is 16.8 Å². The van der Waals surface area contributed by atoms with Gasteiger partial charge in [-0.2, -0.15) is 0 Å². The van der Waals surface area contributed by atoms with E-state index in [1.54, 1.807) is 13.8 Å². The number of hydrogen-bond donors (Lipinski definition) is 3. The van der Waals surface area contributed by atoms with Crippen LogP contribution in [0, 0.1) is 25.7 Å². The minimum Gasteiger partial charge on any atom is -0.481 e. The van der Waals surface area contributed by atoms with Crippen LogP contribution in [-0.2, 0) is 29.2 Å². The number of primary sulfonamides is 1. The zero-order valence-corrected chi connectivity index (χ0v) is 17.2. The summed E-state index contributed by atoms with van der Waals surface area (Å²) in [6, 6.07) is 3.04. The second-order valence-corrected chi connectivity index (χ2v) is 9.08. The number of nitrogens with two attached hydrogens (primary N) is 1. The number of rotatable bonds is 5. The fourth-order valence-electron chi connectivity index (χ4n) is 3.87. The Kier molecular flexibility index (Phi) is 5.56. The average Bonchev–Trinajstić information content (AvgIpc) is 3.16. The molecule has 0 radical (unpaired) electrons. The summed E-state index contributed by atoms with van der Waals surface area (Å²) in [7, 11) is -3.92. The molecule has 2 atom stereocenters. The lowest BCUT2D eigenvalue weighted by molar-refractivity contribution is -0.141. The van der Waals surface area contributed by atoms with Crippen LogP contribution in [0.15, 0.2) is 17.0 Å². The number of carbonyl (C=O) groups is 4. The number of amides is 3. The number of benzene rings is 1. The number of nitrogens with one attached hydrogen (secondary N) is 1. The number of anilines is 1. The first-order chi connectivity index (χ1) is 13.9. The summed E-state index contributed by atoms with van der Waals surface area (Å²) in [4.78, 5) is 49.3. The molecule has 2 heterocycles. The van der Waals surface area contributed by atoms with Gasteiger partial charge < -0.3 is 10.0 Å². The second kappa shape index (κ2) is 7.69. The van der Waals surface area contributed by atoms with Gasteiger partial charge in [-0.1, -0.05) is 0 Å². The average molecular weight is 438 g/mol. The number of hydrogen-bond acceptors (Lipinski definition) is 6. The van der Waals surface area contributed by atoms with Crippen LogP contribution in [-0.4, -0.2) is 55.3 Å². The summed E-state index contributed by atoms with van der Waals surface area (Å²) in [5.74, 6) is -4.12. The molecular weight excluding hydrogens is 416 g/mol. The van der Waals surface area contributed by atoms with Gasteiger partial charge in [0.2, 0.25) is 27.7 Å². The predicted molar refractivity (Wildman–Crippen MR) is 103 cm³/mol. The third-order valence-corrected chi connectivity index (χ3v) is 6.47. The Hall–Kier alpha value is -2.99. The highest BCUT2D eigenvalue weighted by atomic mass is 32.2. The zero-order chi connectivity index (χ0) is 22.4. The molecule has 2 aliphatic heterocycles. The molecule has 2 fully saturated rings. The Labute approximate surface area is 172 Å². The molecule has 11 nitrogen and oxygen atoms in total. The number of sulfonamides is 1. The van der Waals surface area contributed by atoms with Crippen molar-refractivity contribution in [3.8, 4) is 0 Å². The SMILES string of the molecule is Cc1cc(N2CC(C(=O)NN3CC(C(=O)O)CC3=O)CC2=O)cc(C)c1S(N)(=O)=O. The van der Waals surface area contributed by atoms with E-state index in [2.05, 4.69) is 5.43 Å². The maximum atomic E-state index is 12.5. The van der Waals surface area contributed by atoms with Crippen LogP contribution in [0.25, 0.3) is 0 Å². The first-order valence-corrected chi connectivity index (χ1v) is 10.7. The lowest BCUT2D eigenvalue weighted by Crippen LogP contribution is -2.46. The molecule has 0 aromatic heterocycles. The molecule has 3 rings (SSSR count). The fourth-order valence-corrected chi connectivity index (χ4v) is 4.89. The van der Waals surface area contributed by atoms with Crippen LogP contribution in [0.1, 0.15) is 24.0 Å². The van der Waals surface area contributed by atoms with Crippen LogP contribution in [0.3, 0.4) is 0 Å². The van der Waals surface area contributed by atoms with Crippen molar-refractivity contribution in [3.05, 3.63) is 23.3 Å². The Morgan fingerprint density at radius 1 is 1.07 bits per heavy atom. The zero-order valence-electron chi connectivity index (χ0n) is 16.4. The number of aryl methyl sites for hydroxylation is 2. The number of carboxylic acid groups (broad SMARTS) is 1. The molecule has 0 saturated carbocycles. The van der Waals surface area contributed by atoms with E-state index in [4.69, 9.17) is 10.2 Å². The van der Waals surface area contributed by atoms with Crippen molar-refractivity contribution >= 4 is 39.4 Å². The molecule has 0 bridgehead atoms. The number of carbonyl (C=O) groups excluding carboxylic acids is 3. The summed E-state index contributed by atoms with van der Waals surface area (Å²) in [6.45, 7) is 3.05. The van der Waals surface area contributed by atoms with Crippen molar-refractivity contribution in [1.82, 2.24) is 10.4 Å². The Balaban J connectivity index is 1.73. The summed E-state index contributed by atoms with van der Waals surface area (Å²) < 4.78 is 23.5. The largest absolute Gasteiger partial charge is 0.481 e. The van der Waals surface area contributed by atoms with E-state index in [1.165, 1.54) is 17.0 Å². The van der Waals surface area contributed by atoms with Gasteiger partial charge in [-0.3, -0.25) is 29.6 Å². The molecule has 0 spiro atoms. The summed E-state index contributed by atoms with van der Waals surface area (Å²) in [6.07, 6.45) is -0.286. The van der Waals surface area contributed by atoms with Crippen LogP contribution < -0.4 is 15.5 Å². The summed E-state index contributed by atoms with van der Waals surface area (Å²) >= 11 is 0. The van der Waals surface area contributed by atoms with Gasteiger partial charge in [0.25, 0.3) is 0 Å². The van der Waals surface area contributed by atoms with Gasteiger partial charge in [-0.15, -0.1) is 0 Å². The fraction of sp³-hybridized carbons (Fsp3) is 0.444. The number of aliphatic carboxylic acids is 1. The van der Waals surface area contributed by atoms with Crippen molar-refractivity contribution in [1.29, 1.82) is 0 Å². The molecule has 2 aliphatic rings. The summed E-state index contributed by atoms with van der Waals surface area (Å²) in [5.41, 5.74) is 3.62. The number of carboxylic acids is 1. The molecule has 162 valence electrons. The van der Waals surface area contributed by atoms with E-state index in [-0.39, 0.29) is 36.7 Å². The van der Waals surface area contributed by atoms with Crippen molar-refractivity contribution in [2.75, 3.05) is 18.0 Å². The summed E-state index contributed by atoms with van der Waals surface area (Å²) in [5, 5.41) is 15.2. The molecule has 2 saturated heterocycles. The minimum absolute atomic E-state index is 0.00674. The smallest absolute Gasteiger partial charge is 0.308 e. The molecule has 1 aromatic carbocycles. The van der Waals surface area contributed by atoms with Gasteiger partial charge in [-0.25, -0.2) is 13.6 Å². The maximum absolute atomic E-state index is 12.5. The lowest BCUT2D eigenvalue weighted by Gasteiger charge is -2.21. The maximum Gasteiger partial charge on any atom is 0.308 e. The van der Waals surface area contributed by atoms with Crippen molar-refractivity contribution in [2.45, 2.75) is 31.6 Å². The highest BCUT2D eigenvalue weighted by Gasteiger charge is 2.39. The molecule has 30 heavy (non-hydrogen) atoms. The van der Waals surface area contributed by atoms with Crippen molar-refractivity contribution in [3.63, 3.8) is 0 Å². The second-order valence-electron chi connectivity index (χ2n) is 7.58. The molecule has 4 N–H and O–H groups in total. The Morgan fingerprint density at radius 2 is 1.63 bits per heavy atom. The lowest BCUT2D eigenvalue weighted by atomic mass is 10.1. The van der Waals surface area contributed by atoms with Gasteiger partial charge in [0.05, 0.1) is 23.3 Å². The van der Waals surface area contributed by atoms with E-state index in [0.717, 1.165) is 5.01 Å². The van der Waals surface area contributed by atoms with E-state index in [1.807, 2.05) is 0 Å². The van der Waals surface area contributed by atoms with Gasteiger partial charge in [-0.05, 0) is 37.1 Å². The first-order valence-electron chi connectivity index (χ1n) is 9.16. The first kappa shape index (κ1) is 21.7. The molecule has 1 aromatic rings. The van der Waals surface area contributed by atoms with E-state index >= 15 is 0 Å². The monoisotopic (exact) mass is 438 g/mol. The molecular formula is C18H22N4O7S. The quantitative estimate of drug-likeness (QED) is 0.544. The van der Waals surface area contributed by atoms with Gasteiger partial charge >= 0.3 is 5.97 Å². The van der Waals surface area contributed by atoms with Gasteiger partial charge in [0.1, 0.15) is 0 Å². The topological polar surface area (TPSA) is 167 Å². The highest BCUT2D eigenvalue weighted by Crippen LogP contribution is 2.30. The normalized spacial score (nSPS) is 22.0. The van der Waals surface area contributed by atoms with Gasteiger partial charge in [0, 0.05) is 25.1 Å². The van der Waals surface area contributed by atoms with Crippen LogP contribution in [0.4, 0.5) is 5.69 Å². The number of nitrogens with zero attached hydrogens (tertiary/aromatic N) is 2. The molecule has 3 amide bonds. The predicted octanol–water partition coefficient (Wildman–Crippen LogP) is -0.732. The highest BCUT2D eigenvalue weighted by molar-refractivity contribution is 7.89. The van der Waals surface area contributed by atoms with Crippen molar-refractivity contribution < 1.29 is 32.7 Å². The third kappa shape index (κ3) is 4.14. The van der Waals surface area contributed by atoms with E-state index in [9.17, 15) is 27.6 Å². The molecule has 12 heteroatoms. The standard InChI is InChI=1S/C18H22N4O7S/c1-9-3-13(4-10(2)16(9)30(19,28)29)21-7-11(5-14(21)23)17(25)20-22-8-12(18(26)27)6-15(22)24/h3-4,11-12H,5-8H2,1-2H3,(H,20,25)(H,26,27)(H2,19,28,29). The van der Waals surface area contributed by atoms with E-state index < -0.39 is 39.6 Å². The van der Waals surface area contributed by atoms with Crippen LogP contribution in [0.2, 0.25) is 0 Å². The minimum atomic E-state index is -3.92. The Morgan fingerprint density at radius 3 is 2.13 bits per heavy atom. The third-order valence-electron chi connectivity index (χ3n) is 5.26.